The Morgan fingerprint density at radius 2 is 1.34 bits per heavy atom. The second-order valence-corrected chi connectivity index (χ2v) is 9.77. The highest BCUT2D eigenvalue weighted by atomic mass is 35.5. The highest BCUT2D eigenvalue weighted by molar-refractivity contribution is 7.99. The number of aromatic nitrogens is 3. The third kappa shape index (κ3) is 5.95. The molecule has 0 unspecified atom stereocenters. The third-order valence-corrected chi connectivity index (χ3v) is 6.92. The van der Waals surface area contributed by atoms with E-state index >= 15 is 0 Å². The fourth-order valence-corrected chi connectivity index (χ4v) is 4.89. The molecule has 5 rings (SSSR count). The van der Waals surface area contributed by atoms with Gasteiger partial charge >= 0.3 is 0 Å². The molecule has 8 heteroatoms. The molecule has 2 heterocycles. The van der Waals surface area contributed by atoms with E-state index in [-0.39, 0.29) is 11.7 Å². The summed E-state index contributed by atoms with van der Waals surface area (Å²) in [5.74, 6) is 0.00415. The SMILES string of the molecule is O=C(CSc1nc(-c2ccccc2)cc(-c2ccccc2)n1)Nc1nc(-c2ccc(Cl)cc2)cs1. The number of carbonyl (C=O) groups is 1. The Morgan fingerprint density at radius 1 is 0.771 bits per heavy atom. The van der Waals surface area contributed by atoms with Gasteiger partial charge in [0.1, 0.15) is 0 Å². The smallest absolute Gasteiger partial charge is 0.236 e. The standard InChI is InChI=1S/C27H19ClN4OS2/c28-21-13-11-20(12-14-21)24-16-34-27(31-24)32-25(33)17-35-26-29-22(18-7-3-1-4-8-18)15-23(30-26)19-9-5-2-6-10-19/h1-16H,17H2,(H,31,32,33). The van der Waals surface area contributed by atoms with Crippen molar-refractivity contribution in [2.24, 2.45) is 0 Å². The van der Waals surface area contributed by atoms with Gasteiger partial charge in [-0.25, -0.2) is 15.0 Å². The molecule has 5 nitrogen and oxygen atoms in total. The van der Waals surface area contributed by atoms with Crippen LogP contribution >= 0.6 is 34.7 Å². The number of nitrogens with zero attached hydrogens (tertiary/aromatic N) is 3. The Morgan fingerprint density at radius 3 is 1.94 bits per heavy atom. The molecule has 1 amide bonds. The number of thiazole rings is 1. The first-order chi connectivity index (χ1) is 17.1. The zero-order valence-corrected chi connectivity index (χ0v) is 20.8. The molecule has 0 aliphatic rings. The summed E-state index contributed by atoms with van der Waals surface area (Å²) in [6.45, 7) is 0. The number of hydrogen-bond acceptors (Lipinski definition) is 6. The van der Waals surface area contributed by atoms with Crippen molar-refractivity contribution in [1.29, 1.82) is 0 Å². The van der Waals surface area contributed by atoms with E-state index in [1.165, 1.54) is 23.1 Å². The molecule has 2 aromatic heterocycles. The topological polar surface area (TPSA) is 67.8 Å². The fraction of sp³-hybridized carbons (Fsp3) is 0.0370. The van der Waals surface area contributed by atoms with E-state index in [0.717, 1.165) is 33.8 Å². The maximum atomic E-state index is 12.6. The lowest BCUT2D eigenvalue weighted by Crippen LogP contribution is -2.14. The van der Waals surface area contributed by atoms with Gasteiger partial charge in [-0.3, -0.25) is 4.79 Å². The van der Waals surface area contributed by atoms with Gasteiger partial charge in [0.15, 0.2) is 10.3 Å². The molecule has 1 N–H and O–H groups in total. The molecule has 0 saturated heterocycles. The van der Waals surface area contributed by atoms with Gasteiger partial charge in [-0.15, -0.1) is 11.3 Å². The van der Waals surface area contributed by atoms with E-state index in [1.54, 1.807) is 0 Å². The van der Waals surface area contributed by atoms with Crippen LogP contribution in [0.3, 0.4) is 0 Å². The number of nitrogens with one attached hydrogen (secondary N) is 1. The first-order valence-electron chi connectivity index (χ1n) is 10.8. The molecule has 0 atom stereocenters. The molecule has 0 spiro atoms. The van der Waals surface area contributed by atoms with Crippen molar-refractivity contribution in [1.82, 2.24) is 15.0 Å². The lowest BCUT2D eigenvalue weighted by molar-refractivity contribution is -0.113. The average Bonchev–Trinajstić information content (AvgIpc) is 3.37. The van der Waals surface area contributed by atoms with Gasteiger partial charge in [0.25, 0.3) is 0 Å². The summed E-state index contributed by atoms with van der Waals surface area (Å²) in [7, 11) is 0. The minimum Gasteiger partial charge on any atom is -0.301 e. The Kier molecular flexibility index (Phi) is 7.18. The zero-order chi connectivity index (χ0) is 24.0. The number of halogens is 1. The summed E-state index contributed by atoms with van der Waals surface area (Å²) >= 11 is 8.64. The third-order valence-electron chi connectivity index (χ3n) is 5.07. The van der Waals surface area contributed by atoms with Gasteiger partial charge in [-0.2, -0.15) is 0 Å². The highest BCUT2D eigenvalue weighted by Crippen LogP contribution is 2.28. The first-order valence-corrected chi connectivity index (χ1v) is 13.0. The van der Waals surface area contributed by atoms with Gasteiger partial charge in [-0.05, 0) is 18.2 Å². The molecule has 172 valence electrons. The van der Waals surface area contributed by atoms with E-state index in [4.69, 9.17) is 21.6 Å². The predicted molar refractivity (Wildman–Crippen MR) is 145 cm³/mol. The second kappa shape index (κ2) is 10.8. The monoisotopic (exact) mass is 514 g/mol. The minimum atomic E-state index is -0.165. The molecule has 3 aromatic carbocycles. The lowest BCUT2D eigenvalue weighted by atomic mass is 10.1. The van der Waals surface area contributed by atoms with Crippen LogP contribution < -0.4 is 5.32 Å². The minimum absolute atomic E-state index is 0.165. The molecular formula is C27H19ClN4OS2. The summed E-state index contributed by atoms with van der Waals surface area (Å²) in [6, 6.07) is 29.3. The van der Waals surface area contributed by atoms with Gasteiger partial charge in [0.05, 0.1) is 22.8 Å². The van der Waals surface area contributed by atoms with Crippen molar-refractivity contribution >= 4 is 45.7 Å². The molecule has 0 aliphatic carbocycles. The Labute approximate surface area is 216 Å². The van der Waals surface area contributed by atoms with Crippen LogP contribution in [0.1, 0.15) is 0 Å². The Bertz CT molecular complexity index is 1380. The molecule has 0 bridgehead atoms. The van der Waals surface area contributed by atoms with Crippen molar-refractivity contribution < 1.29 is 4.79 Å². The van der Waals surface area contributed by atoms with Crippen LogP contribution in [0.2, 0.25) is 5.02 Å². The molecule has 5 aromatic rings. The largest absolute Gasteiger partial charge is 0.301 e. The molecule has 0 saturated carbocycles. The number of amides is 1. The van der Waals surface area contributed by atoms with E-state index in [9.17, 15) is 4.79 Å². The van der Waals surface area contributed by atoms with Crippen LogP contribution in [0.15, 0.2) is 102 Å². The van der Waals surface area contributed by atoms with Crippen molar-refractivity contribution in [3.8, 4) is 33.8 Å². The summed E-state index contributed by atoms with van der Waals surface area (Å²) in [6.07, 6.45) is 0. The molecule has 0 radical (unpaired) electrons. The summed E-state index contributed by atoms with van der Waals surface area (Å²) in [4.78, 5) is 26.6. The van der Waals surface area contributed by atoms with Crippen LogP contribution in [-0.2, 0) is 4.79 Å². The van der Waals surface area contributed by atoms with Crippen LogP contribution in [0.4, 0.5) is 5.13 Å². The molecule has 0 fully saturated rings. The van der Waals surface area contributed by atoms with E-state index in [0.29, 0.717) is 15.3 Å². The van der Waals surface area contributed by atoms with Gasteiger partial charge in [-0.1, -0.05) is 96.2 Å². The van der Waals surface area contributed by atoms with Crippen LogP contribution in [0.25, 0.3) is 33.8 Å². The maximum absolute atomic E-state index is 12.6. The number of rotatable bonds is 7. The number of carbonyl (C=O) groups excluding carboxylic acids is 1. The number of benzene rings is 3. The summed E-state index contributed by atoms with van der Waals surface area (Å²) in [5.41, 5.74) is 5.36. The summed E-state index contributed by atoms with van der Waals surface area (Å²) in [5, 5.41) is 6.54. The molecule has 0 aliphatic heterocycles. The van der Waals surface area contributed by atoms with Crippen molar-refractivity contribution in [2.45, 2.75) is 5.16 Å². The first kappa shape index (κ1) is 23.2. The second-order valence-electron chi connectivity index (χ2n) is 7.53. The normalized spacial score (nSPS) is 10.8. The van der Waals surface area contributed by atoms with Gasteiger partial charge in [0.2, 0.25) is 5.91 Å². The zero-order valence-electron chi connectivity index (χ0n) is 18.4. The van der Waals surface area contributed by atoms with Gasteiger partial charge in [0, 0.05) is 27.1 Å². The van der Waals surface area contributed by atoms with Crippen LogP contribution in [-0.4, -0.2) is 26.6 Å². The number of thioether (sulfide) groups is 1. The van der Waals surface area contributed by atoms with Crippen LogP contribution in [0, 0.1) is 0 Å². The van der Waals surface area contributed by atoms with E-state index < -0.39 is 0 Å². The number of hydrogen-bond donors (Lipinski definition) is 1. The number of anilines is 1. The lowest BCUT2D eigenvalue weighted by Gasteiger charge is -2.08. The van der Waals surface area contributed by atoms with Gasteiger partial charge < -0.3 is 5.32 Å². The Hall–Kier alpha value is -3.52. The molecular weight excluding hydrogens is 496 g/mol. The fourth-order valence-electron chi connectivity index (χ4n) is 3.37. The van der Waals surface area contributed by atoms with Crippen molar-refractivity contribution in [3.05, 3.63) is 101 Å². The van der Waals surface area contributed by atoms with Crippen molar-refractivity contribution in [2.75, 3.05) is 11.1 Å². The summed E-state index contributed by atoms with van der Waals surface area (Å²) < 4.78 is 0. The van der Waals surface area contributed by atoms with Crippen molar-refractivity contribution in [3.63, 3.8) is 0 Å². The van der Waals surface area contributed by atoms with Crippen LogP contribution in [0.5, 0.6) is 0 Å². The van der Waals surface area contributed by atoms with E-state index in [2.05, 4.69) is 10.3 Å². The average molecular weight is 515 g/mol. The molecule has 35 heavy (non-hydrogen) atoms. The quantitative estimate of drug-likeness (QED) is 0.182. The highest BCUT2D eigenvalue weighted by Gasteiger charge is 2.13. The Balaban J connectivity index is 1.31. The maximum Gasteiger partial charge on any atom is 0.236 e. The van der Waals surface area contributed by atoms with E-state index in [1.807, 2.05) is 96.4 Å². The predicted octanol–water partition coefficient (Wildman–Crippen LogP) is 7.32.